The van der Waals surface area contributed by atoms with Crippen molar-refractivity contribution in [1.29, 1.82) is 0 Å². The van der Waals surface area contributed by atoms with Crippen LogP contribution in [-0.4, -0.2) is 19.6 Å². The van der Waals surface area contributed by atoms with Gasteiger partial charge >= 0.3 is 5.97 Å². The first-order valence-electron chi connectivity index (χ1n) is 4.72. The summed E-state index contributed by atoms with van der Waals surface area (Å²) < 4.78 is 5.61. The molecular weight excluding hydrogens is 258 g/mol. The molecule has 1 N–H and O–H groups in total. The molecule has 82 valence electrons. The number of carbonyl (C=O) groups excluding carboxylic acids is 1. The summed E-state index contributed by atoms with van der Waals surface area (Å²) in [6.45, 7) is 4.71. The van der Waals surface area contributed by atoms with E-state index in [1.807, 2.05) is 19.9 Å². The number of halogens is 1. The molecule has 0 spiro atoms. The maximum absolute atomic E-state index is 11.5. The number of hydrogen-bond donors (Lipinski definition) is 1. The fraction of sp³-hybridized carbons (Fsp3) is 0.364. The first kappa shape index (κ1) is 12.0. The smallest absolute Gasteiger partial charge is 0.340 e. The van der Waals surface area contributed by atoms with Gasteiger partial charge in [-0.25, -0.2) is 4.79 Å². The Morgan fingerprint density at radius 3 is 2.73 bits per heavy atom. The number of benzene rings is 1. The Morgan fingerprint density at radius 2 is 2.20 bits per heavy atom. The van der Waals surface area contributed by atoms with E-state index in [0.717, 1.165) is 22.3 Å². The fourth-order valence-corrected chi connectivity index (χ4v) is 2.00. The van der Waals surface area contributed by atoms with Crippen molar-refractivity contribution in [2.45, 2.75) is 13.8 Å². The normalized spacial score (nSPS) is 9.87. The van der Waals surface area contributed by atoms with Gasteiger partial charge in [-0.1, -0.05) is 15.9 Å². The second kappa shape index (κ2) is 5.16. The number of methoxy groups -OCH3 is 1. The minimum Gasteiger partial charge on any atom is -0.465 e. The predicted molar refractivity (Wildman–Crippen MR) is 64.4 cm³/mol. The van der Waals surface area contributed by atoms with E-state index in [1.165, 1.54) is 7.11 Å². The van der Waals surface area contributed by atoms with Crippen LogP contribution in [0.1, 0.15) is 22.8 Å². The Labute approximate surface area is 97.9 Å². The maximum atomic E-state index is 11.5. The zero-order valence-electron chi connectivity index (χ0n) is 9.06. The van der Waals surface area contributed by atoms with Crippen molar-refractivity contribution in [2.75, 3.05) is 19.0 Å². The van der Waals surface area contributed by atoms with Gasteiger partial charge in [-0.05, 0) is 31.5 Å². The van der Waals surface area contributed by atoms with Crippen LogP contribution in [0, 0.1) is 6.92 Å². The molecular formula is C11H14BrNO2. The second-order valence-corrected chi connectivity index (χ2v) is 4.08. The summed E-state index contributed by atoms with van der Waals surface area (Å²) in [5, 5.41) is 3.17. The molecule has 0 unspecified atom stereocenters. The molecule has 0 amide bonds. The van der Waals surface area contributed by atoms with Crippen LogP contribution in [0.5, 0.6) is 0 Å². The van der Waals surface area contributed by atoms with E-state index in [9.17, 15) is 4.79 Å². The molecule has 0 aliphatic rings. The van der Waals surface area contributed by atoms with E-state index in [1.54, 1.807) is 6.07 Å². The van der Waals surface area contributed by atoms with Crippen molar-refractivity contribution >= 4 is 27.6 Å². The number of aryl methyl sites for hydroxylation is 1. The lowest BCUT2D eigenvalue weighted by Gasteiger charge is -2.12. The molecule has 0 radical (unpaired) electrons. The van der Waals surface area contributed by atoms with Gasteiger partial charge in [0.25, 0.3) is 0 Å². The summed E-state index contributed by atoms with van der Waals surface area (Å²) in [5.74, 6) is -0.324. The van der Waals surface area contributed by atoms with E-state index in [2.05, 4.69) is 21.2 Å². The number of carbonyl (C=O) groups is 1. The zero-order valence-corrected chi connectivity index (χ0v) is 10.6. The molecule has 15 heavy (non-hydrogen) atoms. The van der Waals surface area contributed by atoms with Crippen molar-refractivity contribution < 1.29 is 9.53 Å². The molecule has 4 heteroatoms. The van der Waals surface area contributed by atoms with Crippen LogP contribution in [0.2, 0.25) is 0 Å². The molecule has 0 aliphatic carbocycles. The highest BCUT2D eigenvalue weighted by Crippen LogP contribution is 2.26. The molecule has 1 rings (SSSR count). The van der Waals surface area contributed by atoms with E-state index in [-0.39, 0.29) is 5.97 Å². The third-order valence-electron chi connectivity index (χ3n) is 2.06. The molecule has 0 aromatic heterocycles. The molecule has 0 atom stereocenters. The standard InChI is InChI=1S/C11H14BrNO2/c1-4-13-10-7(2)5-8(12)6-9(10)11(14)15-3/h5-6,13H,4H2,1-3H3. The van der Waals surface area contributed by atoms with Crippen molar-refractivity contribution in [3.8, 4) is 0 Å². The topological polar surface area (TPSA) is 38.3 Å². The average Bonchev–Trinajstić information content (AvgIpc) is 2.20. The minimum absolute atomic E-state index is 0.324. The monoisotopic (exact) mass is 271 g/mol. The lowest BCUT2D eigenvalue weighted by atomic mass is 10.1. The van der Waals surface area contributed by atoms with Gasteiger partial charge in [0, 0.05) is 11.0 Å². The Hall–Kier alpha value is -1.03. The Bertz CT molecular complexity index is 377. The maximum Gasteiger partial charge on any atom is 0.340 e. The van der Waals surface area contributed by atoms with Crippen molar-refractivity contribution in [3.63, 3.8) is 0 Å². The first-order chi connectivity index (χ1) is 7.10. The summed E-state index contributed by atoms with van der Waals surface area (Å²) in [6.07, 6.45) is 0. The summed E-state index contributed by atoms with van der Waals surface area (Å²) in [6, 6.07) is 3.72. The van der Waals surface area contributed by atoms with Crippen molar-refractivity contribution in [1.82, 2.24) is 0 Å². The van der Waals surface area contributed by atoms with Gasteiger partial charge < -0.3 is 10.1 Å². The van der Waals surface area contributed by atoms with Gasteiger partial charge in [0.15, 0.2) is 0 Å². The van der Waals surface area contributed by atoms with Crippen LogP contribution in [0.3, 0.4) is 0 Å². The van der Waals surface area contributed by atoms with Gasteiger partial charge in [0.2, 0.25) is 0 Å². The number of rotatable bonds is 3. The van der Waals surface area contributed by atoms with Crippen LogP contribution in [0.25, 0.3) is 0 Å². The quantitative estimate of drug-likeness (QED) is 0.860. The highest BCUT2D eigenvalue weighted by atomic mass is 79.9. The van der Waals surface area contributed by atoms with E-state index >= 15 is 0 Å². The number of nitrogens with one attached hydrogen (secondary N) is 1. The zero-order chi connectivity index (χ0) is 11.4. The second-order valence-electron chi connectivity index (χ2n) is 3.17. The minimum atomic E-state index is -0.324. The third-order valence-corrected chi connectivity index (χ3v) is 2.52. The summed E-state index contributed by atoms with van der Waals surface area (Å²) >= 11 is 3.36. The largest absolute Gasteiger partial charge is 0.465 e. The lowest BCUT2D eigenvalue weighted by Crippen LogP contribution is -2.09. The highest BCUT2D eigenvalue weighted by molar-refractivity contribution is 9.10. The van der Waals surface area contributed by atoms with E-state index < -0.39 is 0 Å². The third kappa shape index (κ3) is 2.72. The van der Waals surface area contributed by atoms with Gasteiger partial charge in [-0.3, -0.25) is 0 Å². The first-order valence-corrected chi connectivity index (χ1v) is 5.51. The van der Waals surface area contributed by atoms with Crippen LogP contribution in [-0.2, 0) is 4.74 Å². The van der Waals surface area contributed by atoms with Crippen LogP contribution < -0.4 is 5.32 Å². The Balaban J connectivity index is 3.26. The van der Waals surface area contributed by atoms with Gasteiger partial charge in [-0.15, -0.1) is 0 Å². The fourth-order valence-electron chi connectivity index (χ4n) is 1.43. The van der Waals surface area contributed by atoms with Crippen molar-refractivity contribution in [3.05, 3.63) is 27.7 Å². The number of esters is 1. The number of hydrogen-bond acceptors (Lipinski definition) is 3. The van der Waals surface area contributed by atoms with Crippen LogP contribution in [0.4, 0.5) is 5.69 Å². The molecule has 0 saturated carbocycles. The molecule has 0 bridgehead atoms. The van der Waals surface area contributed by atoms with Gasteiger partial charge in [-0.2, -0.15) is 0 Å². The summed E-state index contributed by atoms with van der Waals surface area (Å²) in [4.78, 5) is 11.5. The molecule has 1 aromatic rings. The Morgan fingerprint density at radius 1 is 1.53 bits per heavy atom. The molecule has 1 aromatic carbocycles. The molecule has 3 nitrogen and oxygen atoms in total. The molecule has 0 aliphatic heterocycles. The van der Waals surface area contributed by atoms with E-state index in [0.29, 0.717) is 5.56 Å². The van der Waals surface area contributed by atoms with Crippen LogP contribution in [0.15, 0.2) is 16.6 Å². The average molecular weight is 272 g/mol. The summed E-state index contributed by atoms with van der Waals surface area (Å²) in [5.41, 5.74) is 2.42. The Kier molecular flexibility index (Phi) is 4.15. The molecule has 0 heterocycles. The number of ether oxygens (including phenoxy) is 1. The molecule has 0 saturated heterocycles. The molecule has 0 fully saturated rings. The number of anilines is 1. The van der Waals surface area contributed by atoms with E-state index in [4.69, 9.17) is 4.74 Å². The summed E-state index contributed by atoms with van der Waals surface area (Å²) in [7, 11) is 1.38. The van der Waals surface area contributed by atoms with Gasteiger partial charge in [0.05, 0.1) is 18.4 Å². The SMILES string of the molecule is CCNc1c(C)cc(Br)cc1C(=O)OC. The van der Waals surface area contributed by atoms with Gasteiger partial charge in [0.1, 0.15) is 0 Å². The van der Waals surface area contributed by atoms with Crippen molar-refractivity contribution in [2.24, 2.45) is 0 Å². The predicted octanol–water partition coefficient (Wildman–Crippen LogP) is 2.98. The van der Waals surface area contributed by atoms with Crippen LogP contribution >= 0.6 is 15.9 Å². The highest BCUT2D eigenvalue weighted by Gasteiger charge is 2.14. The lowest BCUT2D eigenvalue weighted by molar-refractivity contribution is 0.0601.